The van der Waals surface area contributed by atoms with Crippen LogP contribution < -0.4 is 14.8 Å². The maximum atomic E-state index is 11.9. The fourth-order valence-corrected chi connectivity index (χ4v) is 2.01. The smallest absolute Gasteiger partial charge is 0.248 e. The number of carbonyl (C=O) groups excluding carboxylic acids is 1. The Kier molecular flexibility index (Phi) is 5.98. The summed E-state index contributed by atoms with van der Waals surface area (Å²) in [6, 6.07) is 14.7. The number of ether oxygens (including phenoxy) is 2. The average molecular weight is 322 g/mol. The van der Waals surface area contributed by atoms with Crippen LogP contribution in [0.15, 0.2) is 48.5 Å². The highest BCUT2D eigenvalue weighted by atomic mass is 16.5. The van der Waals surface area contributed by atoms with E-state index < -0.39 is 0 Å². The van der Waals surface area contributed by atoms with Crippen LogP contribution in [0.2, 0.25) is 0 Å². The zero-order valence-electron chi connectivity index (χ0n) is 13.6. The molecule has 0 spiro atoms. The van der Waals surface area contributed by atoms with E-state index in [0.717, 1.165) is 16.8 Å². The van der Waals surface area contributed by atoms with Crippen LogP contribution in [0.25, 0.3) is 6.08 Å². The number of benzene rings is 2. The third-order valence-corrected chi connectivity index (χ3v) is 3.23. The molecule has 0 aromatic heterocycles. The zero-order valence-corrected chi connectivity index (χ0v) is 13.6. The molecular formula is C19H18N2O3. The first kappa shape index (κ1) is 17.1. The quantitative estimate of drug-likeness (QED) is 0.826. The Labute approximate surface area is 141 Å². The first-order valence-corrected chi connectivity index (χ1v) is 7.36. The third-order valence-electron chi connectivity index (χ3n) is 3.23. The van der Waals surface area contributed by atoms with Gasteiger partial charge in [-0.25, -0.2) is 0 Å². The van der Waals surface area contributed by atoms with Gasteiger partial charge in [0.25, 0.3) is 0 Å². The molecule has 2 aromatic carbocycles. The van der Waals surface area contributed by atoms with Crippen LogP contribution in [0.3, 0.4) is 0 Å². The zero-order chi connectivity index (χ0) is 17.4. The highest BCUT2D eigenvalue weighted by Gasteiger charge is 2.05. The molecule has 0 atom stereocenters. The van der Waals surface area contributed by atoms with Gasteiger partial charge in [-0.1, -0.05) is 23.8 Å². The second-order valence-electron chi connectivity index (χ2n) is 5.05. The molecule has 5 nitrogen and oxygen atoms in total. The highest BCUT2D eigenvalue weighted by molar-refractivity contribution is 6.01. The maximum absolute atomic E-state index is 11.9. The van der Waals surface area contributed by atoms with Crippen LogP contribution in [0.4, 0.5) is 5.69 Å². The first-order valence-electron chi connectivity index (χ1n) is 7.36. The summed E-state index contributed by atoms with van der Waals surface area (Å²) in [5, 5.41) is 11.3. The second kappa shape index (κ2) is 8.39. The summed E-state index contributed by atoms with van der Waals surface area (Å²) in [6.07, 6.45) is 3.13. The molecule has 0 radical (unpaired) electrons. The number of carbonyl (C=O) groups is 1. The van der Waals surface area contributed by atoms with Gasteiger partial charge in [0, 0.05) is 11.8 Å². The largest absolute Gasteiger partial charge is 0.493 e. The molecule has 1 N–H and O–H groups in total. The van der Waals surface area contributed by atoms with Gasteiger partial charge in [-0.3, -0.25) is 4.79 Å². The number of methoxy groups -OCH3 is 1. The fraction of sp³-hybridized carbons (Fsp3) is 0.158. The molecule has 1 amide bonds. The molecule has 0 saturated heterocycles. The summed E-state index contributed by atoms with van der Waals surface area (Å²) >= 11 is 0. The van der Waals surface area contributed by atoms with E-state index in [-0.39, 0.29) is 12.5 Å². The van der Waals surface area contributed by atoms with Crippen molar-refractivity contribution in [2.45, 2.75) is 6.92 Å². The number of hydrogen-bond donors (Lipinski definition) is 1. The molecular weight excluding hydrogens is 304 g/mol. The van der Waals surface area contributed by atoms with Crippen molar-refractivity contribution in [2.24, 2.45) is 0 Å². The van der Waals surface area contributed by atoms with Gasteiger partial charge in [-0.05, 0) is 42.8 Å². The summed E-state index contributed by atoms with van der Waals surface area (Å²) in [6.45, 7) is 1.94. The minimum absolute atomic E-state index is 0.0511. The average Bonchev–Trinajstić information content (AvgIpc) is 2.60. The number of nitrogens with one attached hydrogen (secondary N) is 1. The van der Waals surface area contributed by atoms with Gasteiger partial charge in [-0.15, -0.1) is 0 Å². The van der Waals surface area contributed by atoms with Crippen LogP contribution >= 0.6 is 0 Å². The SMILES string of the molecule is COc1cc(/C=C/C(=O)Nc2ccc(C)cc2)ccc1OCC#N. The van der Waals surface area contributed by atoms with Gasteiger partial charge < -0.3 is 14.8 Å². The van der Waals surface area contributed by atoms with E-state index in [9.17, 15) is 4.79 Å². The standard InChI is InChI=1S/C19H18N2O3/c1-14-3-7-16(8-4-14)21-19(22)10-6-15-5-9-17(24-12-11-20)18(13-15)23-2/h3-10,13H,12H2,1-2H3,(H,21,22)/b10-6+. The van der Waals surface area contributed by atoms with Gasteiger partial charge in [0.15, 0.2) is 18.1 Å². The van der Waals surface area contributed by atoms with Crippen molar-refractivity contribution in [3.05, 3.63) is 59.7 Å². The Morgan fingerprint density at radius 3 is 2.62 bits per heavy atom. The lowest BCUT2D eigenvalue weighted by molar-refractivity contribution is -0.111. The number of hydrogen-bond acceptors (Lipinski definition) is 4. The maximum Gasteiger partial charge on any atom is 0.248 e. The predicted molar refractivity (Wildman–Crippen MR) is 92.9 cm³/mol. The highest BCUT2D eigenvalue weighted by Crippen LogP contribution is 2.28. The van der Waals surface area contributed by atoms with Crippen LogP contribution in [0, 0.1) is 18.3 Å². The Morgan fingerprint density at radius 2 is 1.96 bits per heavy atom. The predicted octanol–water partition coefficient (Wildman–Crippen LogP) is 3.56. The molecule has 0 aliphatic heterocycles. The number of aryl methyl sites for hydroxylation is 1. The van der Waals surface area contributed by atoms with E-state index in [2.05, 4.69) is 5.32 Å². The molecule has 0 saturated carbocycles. The van der Waals surface area contributed by atoms with Crippen LogP contribution in [0.1, 0.15) is 11.1 Å². The molecule has 0 bridgehead atoms. The minimum atomic E-state index is -0.220. The molecule has 122 valence electrons. The van der Waals surface area contributed by atoms with Crippen molar-refractivity contribution < 1.29 is 14.3 Å². The molecule has 0 aliphatic carbocycles. The van der Waals surface area contributed by atoms with E-state index in [4.69, 9.17) is 14.7 Å². The number of nitriles is 1. The normalized spacial score (nSPS) is 10.2. The van der Waals surface area contributed by atoms with Crippen LogP contribution in [-0.2, 0) is 4.79 Å². The molecule has 5 heteroatoms. The molecule has 0 unspecified atom stereocenters. The Hall–Kier alpha value is -3.26. The lowest BCUT2D eigenvalue weighted by Crippen LogP contribution is -2.07. The Morgan fingerprint density at radius 1 is 1.21 bits per heavy atom. The van der Waals surface area contributed by atoms with E-state index in [1.807, 2.05) is 37.3 Å². The van der Waals surface area contributed by atoms with Crippen molar-refractivity contribution in [1.29, 1.82) is 5.26 Å². The molecule has 0 heterocycles. The number of amides is 1. The minimum Gasteiger partial charge on any atom is -0.493 e. The molecule has 24 heavy (non-hydrogen) atoms. The van der Waals surface area contributed by atoms with Crippen molar-refractivity contribution in [3.63, 3.8) is 0 Å². The Balaban J connectivity index is 2.03. The number of anilines is 1. The monoisotopic (exact) mass is 322 g/mol. The van der Waals surface area contributed by atoms with Crippen LogP contribution in [0.5, 0.6) is 11.5 Å². The van der Waals surface area contributed by atoms with E-state index >= 15 is 0 Å². The second-order valence-corrected chi connectivity index (χ2v) is 5.05. The Bertz CT molecular complexity index is 774. The summed E-state index contributed by atoms with van der Waals surface area (Å²) in [5.74, 6) is 0.772. The summed E-state index contributed by atoms with van der Waals surface area (Å²) in [5.41, 5.74) is 2.66. The topological polar surface area (TPSA) is 71.3 Å². The summed E-state index contributed by atoms with van der Waals surface area (Å²) in [7, 11) is 1.52. The van der Waals surface area contributed by atoms with Gasteiger partial charge in [0.1, 0.15) is 6.07 Å². The third kappa shape index (κ3) is 4.89. The van der Waals surface area contributed by atoms with Crippen LogP contribution in [-0.4, -0.2) is 19.6 Å². The van der Waals surface area contributed by atoms with Gasteiger partial charge in [0.2, 0.25) is 5.91 Å². The van der Waals surface area contributed by atoms with E-state index in [1.54, 1.807) is 24.3 Å². The van der Waals surface area contributed by atoms with E-state index in [1.165, 1.54) is 13.2 Å². The molecule has 2 aromatic rings. The summed E-state index contributed by atoms with van der Waals surface area (Å²) in [4.78, 5) is 11.9. The van der Waals surface area contributed by atoms with Crippen molar-refractivity contribution in [3.8, 4) is 17.6 Å². The van der Waals surface area contributed by atoms with Crippen molar-refractivity contribution in [1.82, 2.24) is 0 Å². The lowest BCUT2D eigenvalue weighted by atomic mass is 10.2. The molecule has 0 aliphatic rings. The number of nitrogens with zero attached hydrogens (tertiary/aromatic N) is 1. The number of rotatable bonds is 6. The van der Waals surface area contributed by atoms with Gasteiger partial charge in [0.05, 0.1) is 7.11 Å². The molecule has 0 fully saturated rings. The van der Waals surface area contributed by atoms with Gasteiger partial charge >= 0.3 is 0 Å². The first-order chi connectivity index (χ1) is 11.6. The lowest BCUT2D eigenvalue weighted by Gasteiger charge is -2.08. The molecule has 2 rings (SSSR count). The van der Waals surface area contributed by atoms with E-state index in [0.29, 0.717) is 11.5 Å². The fourth-order valence-electron chi connectivity index (χ4n) is 2.01. The van der Waals surface area contributed by atoms with Crippen molar-refractivity contribution in [2.75, 3.05) is 19.0 Å². The van der Waals surface area contributed by atoms with Gasteiger partial charge in [-0.2, -0.15) is 5.26 Å². The van der Waals surface area contributed by atoms with Crippen molar-refractivity contribution >= 4 is 17.7 Å². The summed E-state index contributed by atoms with van der Waals surface area (Å²) < 4.78 is 10.5.